The molecule has 0 radical (unpaired) electrons. The Hall–Kier alpha value is -3.26. The molecule has 0 bridgehead atoms. The van der Waals surface area contributed by atoms with Crippen molar-refractivity contribution in [3.05, 3.63) is 70.1 Å². The summed E-state index contributed by atoms with van der Waals surface area (Å²) in [6, 6.07) is 7.85. The summed E-state index contributed by atoms with van der Waals surface area (Å²) in [6.45, 7) is 1.89. The van der Waals surface area contributed by atoms with Gasteiger partial charge in [-0.2, -0.15) is 0 Å². The van der Waals surface area contributed by atoms with Crippen LogP contribution in [0.1, 0.15) is 42.5 Å². The molecule has 1 N–H and O–H groups in total. The maximum Gasteiger partial charge on any atom is 0.261 e. The molecule has 1 aromatic carbocycles. The molecule has 0 unspecified atom stereocenters. The number of benzene rings is 1. The van der Waals surface area contributed by atoms with Crippen LogP contribution in [0, 0.1) is 6.92 Å². The number of fused-ring (bicyclic) bond motifs is 1. The van der Waals surface area contributed by atoms with Gasteiger partial charge in [-0.05, 0) is 37.3 Å². The maximum absolute atomic E-state index is 12.6. The number of imide groups is 1. The summed E-state index contributed by atoms with van der Waals surface area (Å²) in [7, 11) is 0. The third kappa shape index (κ3) is 2.80. The molecular formula is C18H13N3O4S. The third-order valence-corrected chi connectivity index (χ3v) is 4.84. The summed E-state index contributed by atoms with van der Waals surface area (Å²) >= 11 is 1.32. The van der Waals surface area contributed by atoms with Crippen molar-refractivity contribution in [1.29, 1.82) is 0 Å². The van der Waals surface area contributed by atoms with Gasteiger partial charge in [0.1, 0.15) is 5.76 Å². The topological polar surface area (TPSA) is 92.5 Å². The quantitative estimate of drug-likeness (QED) is 0.715. The van der Waals surface area contributed by atoms with Crippen molar-refractivity contribution in [2.24, 2.45) is 0 Å². The van der Waals surface area contributed by atoms with Crippen LogP contribution in [0.25, 0.3) is 0 Å². The van der Waals surface area contributed by atoms with Crippen molar-refractivity contribution >= 4 is 34.2 Å². The smallest absolute Gasteiger partial charge is 0.261 e. The lowest BCUT2D eigenvalue weighted by molar-refractivity contribution is 0.0631. The summed E-state index contributed by atoms with van der Waals surface area (Å²) in [5.74, 6) is -0.714. The molecule has 3 amide bonds. The molecule has 1 aliphatic rings. The number of amides is 3. The Bertz CT molecular complexity index is 1020. The van der Waals surface area contributed by atoms with Crippen LogP contribution < -0.4 is 5.32 Å². The number of aromatic nitrogens is 1. The van der Waals surface area contributed by atoms with E-state index in [0.29, 0.717) is 10.9 Å². The van der Waals surface area contributed by atoms with E-state index in [1.807, 2.05) is 12.3 Å². The van der Waals surface area contributed by atoms with Crippen molar-refractivity contribution < 1.29 is 18.8 Å². The number of hydrogen-bond acceptors (Lipinski definition) is 6. The molecule has 0 fully saturated rings. The summed E-state index contributed by atoms with van der Waals surface area (Å²) in [5.41, 5.74) is 1.60. The highest BCUT2D eigenvalue weighted by molar-refractivity contribution is 7.13. The summed E-state index contributed by atoms with van der Waals surface area (Å²) in [4.78, 5) is 42.7. The first-order chi connectivity index (χ1) is 12.5. The van der Waals surface area contributed by atoms with E-state index in [4.69, 9.17) is 4.42 Å². The van der Waals surface area contributed by atoms with Gasteiger partial charge >= 0.3 is 0 Å². The second kappa shape index (κ2) is 6.23. The van der Waals surface area contributed by atoms with Gasteiger partial charge in [0.2, 0.25) is 0 Å². The molecule has 26 heavy (non-hydrogen) atoms. The molecular weight excluding hydrogens is 354 g/mol. The van der Waals surface area contributed by atoms with Crippen LogP contribution in [0.15, 0.2) is 46.4 Å². The monoisotopic (exact) mass is 367 g/mol. The molecule has 3 heterocycles. The highest BCUT2D eigenvalue weighted by atomic mass is 32.1. The van der Waals surface area contributed by atoms with Gasteiger partial charge in [0.25, 0.3) is 17.7 Å². The first-order valence-electron chi connectivity index (χ1n) is 7.79. The predicted octanol–water partition coefficient (Wildman–Crippen LogP) is 3.09. The molecule has 1 aliphatic heterocycles. The van der Waals surface area contributed by atoms with Crippen LogP contribution in [0.4, 0.5) is 5.13 Å². The van der Waals surface area contributed by atoms with E-state index < -0.39 is 11.8 Å². The minimum Gasteiger partial charge on any atom is -0.467 e. The zero-order valence-electron chi connectivity index (χ0n) is 13.7. The van der Waals surface area contributed by atoms with Gasteiger partial charge in [-0.3, -0.25) is 24.6 Å². The Morgan fingerprint density at radius 3 is 2.73 bits per heavy atom. The fraction of sp³-hybridized carbons (Fsp3) is 0.111. The molecule has 8 heteroatoms. The Morgan fingerprint density at radius 1 is 1.23 bits per heavy atom. The van der Waals surface area contributed by atoms with Crippen LogP contribution in [-0.2, 0) is 6.54 Å². The van der Waals surface area contributed by atoms with E-state index >= 15 is 0 Å². The zero-order valence-corrected chi connectivity index (χ0v) is 14.5. The standard InChI is InChI=1S/C18H13N3O4S/c1-10-9-26-18(19-10)20-15(22)11-4-5-13-14(7-11)17(24)21(16(13)23)8-12-3-2-6-25-12/h2-7,9H,8H2,1H3,(H,19,20,22). The van der Waals surface area contributed by atoms with E-state index in [2.05, 4.69) is 10.3 Å². The van der Waals surface area contributed by atoms with E-state index in [9.17, 15) is 14.4 Å². The molecule has 130 valence electrons. The lowest BCUT2D eigenvalue weighted by Crippen LogP contribution is -2.28. The van der Waals surface area contributed by atoms with Crippen LogP contribution in [0.3, 0.4) is 0 Å². The Kier molecular flexibility index (Phi) is 3.89. The minimum absolute atomic E-state index is 0.0548. The molecule has 3 aromatic rings. The average Bonchev–Trinajstić information content (AvgIpc) is 3.33. The number of furan rings is 1. The van der Waals surface area contributed by atoms with Gasteiger partial charge in [-0.1, -0.05) is 0 Å². The SMILES string of the molecule is Cc1csc(NC(=O)c2ccc3c(c2)C(=O)N(Cc2ccco2)C3=O)n1. The van der Waals surface area contributed by atoms with Crippen molar-refractivity contribution in [2.45, 2.75) is 13.5 Å². The van der Waals surface area contributed by atoms with Gasteiger partial charge in [-0.25, -0.2) is 4.98 Å². The second-order valence-corrected chi connectivity index (χ2v) is 6.64. The fourth-order valence-electron chi connectivity index (χ4n) is 2.71. The Morgan fingerprint density at radius 2 is 2.04 bits per heavy atom. The number of nitrogens with one attached hydrogen (secondary N) is 1. The van der Waals surface area contributed by atoms with Gasteiger partial charge < -0.3 is 4.42 Å². The van der Waals surface area contributed by atoms with Crippen LogP contribution in [-0.4, -0.2) is 27.6 Å². The Labute approximate surface area is 152 Å². The third-order valence-electron chi connectivity index (χ3n) is 3.97. The number of carbonyl (C=O) groups is 3. The number of rotatable bonds is 4. The van der Waals surface area contributed by atoms with Crippen molar-refractivity contribution in [3.8, 4) is 0 Å². The second-order valence-electron chi connectivity index (χ2n) is 5.78. The van der Waals surface area contributed by atoms with Crippen LogP contribution >= 0.6 is 11.3 Å². The van der Waals surface area contributed by atoms with E-state index in [1.165, 1.54) is 35.8 Å². The van der Waals surface area contributed by atoms with Gasteiger partial charge in [0.15, 0.2) is 5.13 Å². The Balaban J connectivity index is 1.58. The number of thiazole rings is 1. The zero-order chi connectivity index (χ0) is 18.3. The maximum atomic E-state index is 12.6. The highest BCUT2D eigenvalue weighted by Crippen LogP contribution is 2.26. The van der Waals surface area contributed by atoms with Crippen molar-refractivity contribution in [3.63, 3.8) is 0 Å². The first-order valence-corrected chi connectivity index (χ1v) is 8.67. The summed E-state index contributed by atoms with van der Waals surface area (Å²) in [6.07, 6.45) is 1.48. The number of hydrogen-bond donors (Lipinski definition) is 1. The van der Waals surface area contributed by atoms with Crippen LogP contribution in [0.2, 0.25) is 0 Å². The normalized spacial score (nSPS) is 13.2. The van der Waals surface area contributed by atoms with Crippen molar-refractivity contribution in [1.82, 2.24) is 9.88 Å². The lowest BCUT2D eigenvalue weighted by atomic mass is 10.1. The highest BCUT2D eigenvalue weighted by Gasteiger charge is 2.36. The fourth-order valence-corrected chi connectivity index (χ4v) is 3.40. The van der Waals surface area contributed by atoms with Crippen molar-refractivity contribution in [2.75, 3.05) is 5.32 Å². The minimum atomic E-state index is -0.443. The molecule has 0 aliphatic carbocycles. The summed E-state index contributed by atoms with van der Waals surface area (Å²) < 4.78 is 5.21. The number of anilines is 1. The molecule has 4 rings (SSSR count). The number of carbonyl (C=O) groups excluding carboxylic acids is 3. The lowest BCUT2D eigenvalue weighted by Gasteiger charge is -2.11. The van der Waals surface area contributed by atoms with Gasteiger partial charge in [0.05, 0.1) is 29.6 Å². The van der Waals surface area contributed by atoms with E-state index in [1.54, 1.807) is 12.1 Å². The first kappa shape index (κ1) is 16.2. The molecule has 2 aromatic heterocycles. The largest absolute Gasteiger partial charge is 0.467 e. The predicted molar refractivity (Wildman–Crippen MR) is 94.2 cm³/mol. The molecule has 0 spiro atoms. The average molecular weight is 367 g/mol. The number of nitrogens with zero attached hydrogens (tertiary/aromatic N) is 2. The van der Waals surface area contributed by atoms with E-state index in [0.717, 1.165) is 10.6 Å². The molecule has 0 saturated heterocycles. The van der Waals surface area contributed by atoms with Gasteiger partial charge in [-0.15, -0.1) is 11.3 Å². The molecule has 0 saturated carbocycles. The number of aryl methyl sites for hydroxylation is 1. The molecule has 7 nitrogen and oxygen atoms in total. The molecule has 0 atom stereocenters. The van der Waals surface area contributed by atoms with Crippen LogP contribution in [0.5, 0.6) is 0 Å². The van der Waals surface area contributed by atoms with E-state index in [-0.39, 0.29) is 29.1 Å². The van der Waals surface area contributed by atoms with Gasteiger partial charge in [0, 0.05) is 10.9 Å². The summed E-state index contributed by atoms with van der Waals surface area (Å²) in [5, 5.41) is 5.00.